The summed E-state index contributed by atoms with van der Waals surface area (Å²) in [6.45, 7) is 13.2. The molecule has 2 bridgehead atoms. The molecule has 1 aromatic rings. The zero-order chi connectivity index (χ0) is 17.5. The molecule has 0 spiro atoms. The van der Waals surface area contributed by atoms with Gasteiger partial charge in [0.15, 0.2) is 8.32 Å². The molecule has 3 heterocycles. The van der Waals surface area contributed by atoms with Gasteiger partial charge in [0, 0.05) is 37.4 Å². The molecule has 136 valence electrons. The summed E-state index contributed by atoms with van der Waals surface area (Å²) in [5.74, 6) is 0.589. The van der Waals surface area contributed by atoms with Gasteiger partial charge in [0.2, 0.25) is 0 Å². The molecular weight excluding hydrogens is 316 g/mol. The maximum absolute atomic E-state index is 6.25. The fourth-order valence-electron chi connectivity index (χ4n) is 3.94. The SMILES string of the molecule is CN1[C@@H]2CC[C@H]1[C@@H](c1cn(CCCO[Si](C)(C)C(C)(C)C)nn1)C2. The van der Waals surface area contributed by atoms with Gasteiger partial charge in [-0.05, 0) is 50.9 Å². The minimum absolute atomic E-state index is 0.279. The van der Waals surface area contributed by atoms with E-state index in [1.54, 1.807) is 0 Å². The third-order valence-electron chi connectivity index (χ3n) is 6.62. The largest absolute Gasteiger partial charge is 0.417 e. The number of hydrogen-bond acceptors (Lipinski definition) is 4. The molecule has 0 saturated carbocycles. The summed E-state index contributed by atoms with van der Waals surface area (Å²) in [4.78, 5) is 2.55. The fourth-order valence-corrected chi connectivity index (χ4v) is 5.03. The lowest BCUT2D eigenvalue weighted by atomic mass is 9.87. The third-order valence-corrected chi connectivity index (χ3v) is 11.2. The summed E-state index contributed by atoms with van der Waals surface area (Å²) in [6, 6.07) is 1.45. The predicted octanol–water partition coefficient (Wildman–Crippen LogP) is 3.64. The first-order chi connectivity index (χ1) is 11.2. The van der Waals surface area contributed by atoms with Crippen molar-refractivity contribution in [3.63, 3.8) is 0 Å². The van der Waals surface area contributed by atoms with Crippen molar-refractivity contribution < 1.29 is 4.43 Å². The highest BCUT2D eigenvalue weighted by molar-refractivity contribution is 6.74. The van der Waals surface area contributed by atoms with E-state index < -0.39 is 8.32 Å². The smallest absolute Gasteiger partial charge is 0.191 e. The monoisotopic (exact) mass is 350 g/mol. The van der Waals surface area contributed by atoms with E-state index >= 15 is 0 Å². The quantitative estimate of drug-likeness (QED) is 0.580. The highest BCUT2D eigenvalue weighted by Crippen LogP contribution is 2.45. The van der Waals surface area contributed by atoms with Gasteiger partial charge in [-0.2, -0.15) is 0 Å². The Hall–Kier alpha value is -0.723. The van der Waals surface area contributed by atoms with E-state index in [1.807, 2.05) is 4.68 Å². The Morgan fingerprint density at radius 2 is 2.04 bits per heavy atom. The second-order valence-electron chi connectivity index (χ2n) is 9.17. The highest BCUT2D eigenvalue weighted by Gasteiger charge is 2.45. The Balaban J connectivity index is 1.47. The average molecular weight is 351 g/mol. The van der Waals surface area contributed by atoms with Gasteiger partial charge in [-0.25, -0.2) is 0 Å². The minimum atomic E-state index is -1.63. The van der Waals surface area contributed by atoms with Crippen molar-refractivity contribution in [2.24, 2.45) is 0 Å². The lowest BCUT2D eigenvalue weighted by Crippen LogP contribution is -2.41. The number of aromatic nitrogens is 3. The molecule has 6 heteroatoms. The van der Waals surface area contributed by atoms with Gasteiger partial charge in [0.25, 0.3) is 0 Å². The van der Waals surface area contributed by atoms with Crippen LogP contribution in [0.25, 0.3) is 0 Å². The van der Waals surface area contributed by atoms with Gasteiger partial charge >= 0.3 is 0 Å². The van der Waals surface area contributed by atoms with E-state index in [2.05, 4.69) is 62.3 Å². The van der Waals surface area contributed by atoms with Crippen LogP contribution < -0.4 is 0 Å². The first-order valence-electron chi connectivity index (χ1n) is 9.45. The van der Waals surface area contributed by atoms with Crippen molar-refractivity contribution in [1.29, 1.82) is 0 Å². The van der Waals surface area contributed by atoms with Crippen LogP contribution in [0.3, 0.4) is 0 Å². The van der Waals surface area contributed by atoms with Gasteiger partial charge in [-0.1, -0.05) is 26.0 Å². The number of aryl methyl sites for hydroxylation is 1. The van der Waals surface area contributed by atoms with E-state index in [1.165, 1.54) is 25.0 Å². The van der Waals surface area contributed by atoms with E-state index in [0.717, 1.165) is 25.6 Å². The van der Waals surface area contributed by atoms with Gasteiger partial charge in [-0.15, -0.1) is 5.10 Å². The fraction of sp³-hybridized carbons (Fsp3) is 0.889. The van der Waals surface area contributed by atoms with Crippen LogP contribution in [0.5, 0.6) is 0 Å². The summed E-state index contributed by atoms with van der Waals surface area (Å²) in [5.41, 5.74) is 1.19. The van der Waals surface area contributed by atoms with Crippen molar-refractivity contribution in [2.45, 2.75) is 89.1 Å². The molecule has 0 radical (unpaired) electrons. The normalized spacial score (nSPS) is 28.0. The number of rotatable bonds is 6. The molecule has 0 N–H and O–H groups in total. The molecule has 2 aliphatic rings. The lowest BCUT2D eigenvalue weighted by molar-refractivity contribution is 0.272. The molecule has 3 atom stereocenters. The van der Waals surface area contributed by atoms with Crippen LogP contribution in [0.15, 0.2) is 6.20 Å². The molecular formula is C18H34N4OSi. The second-order valence-corrected chi connectivity index (χ2v) is 14.0. The summed E-state index contributed by atoms with van der Waals surface area (Å²) < 4.78 is 8.26. The van der Waals surface area contributed by atoms with Crippen LogP contribution in [0.4, 0.5) is 0 Å². The number of nitrogens with zero attached hydrogens (tertiary/aromatic N) is 4. The molecule has 2 aliphatic heterocycles. The van der Waals surface area contributed by atoms with Crippen LogP contribution in [-0.4, -0.2) is 53.9 Å². The van der Waals surface area contributed by atoms with Crippen molar-refractivity contribution >= 4 is 8.32 Å². The summed E-state index contributed by atoms with van der Waals surface area (Å²) in [5, 5.41) is 9.11. The van der Waals surface area contributed by atoms with Crippen molar-refractivity contribution in [2.75, 3.05) is 13.7 Å². The Bertz CT molecular complexity index is 566. The average Bonchev–Trinajstić information content (AvgIpc) is 3.18. The van der Waals surface area contributed by atoms with E-state index in [4.69, 9.17) is 4.43 Å². The van der Waals surface area contributed by atoms with Crippen LogP contribution in [-0.2, 0) is 11.0 Å². The number of likely N-dealkylation sites (N-methyl/N-ethyl adjacent to an activating group) is 1. The maximum Gasteiger partial charge on any atom is 0.191 e. The molecule has 0 aromatic carbocycles. The topological polar surface area (TPSA) is 43.2 Å². The predicted molar refractivity (Wildman–Crippen MR) is 99.7 cm³/mol. The summed E-state index contributed by atoms with van der Waals surface area (Å²) in [6.07, 6.45) is 7.11. The molecule has 1 aromatic heterocycles. The molecule has 2 fully saturated rings. The van der Waals surface area contributed by atoms with Crippen LogP contribution in [0.1, 0.15) is 58.1 Å². The first-order valence-corrected chi connectivity index (χ1v) is 12.4. The standard InChI is InChI=1S/C18H34N4OSi/c1-18(2,3)24(5,6)23-11-7-10-22-13-16(19-20-22)15-12-14-8-9-17(15)21(14)4/h13-15,17H,7-12H2,1-6H3/t14-,15-,17+/m1/s1. The van der Waals surface area contributed by atoms with Crippen molar-refractivity contribution in [3.05, 3.63) is 11.9 Å². The van der Waals surface area contributed by atoms with Crippen molar-refractivity contribution in [3.8, 4) is 0 Å². The molecule has 5 nitrogen and oxygen atoms in total. The zero-order valence-electron chi connectivity index (χ0n) is 16.2. The zero-order valence-corrected chi connectivity index (χ0v) is 17.2. The second kappa shape index (κ2) is 6.54. The summed E-state index contributed by atoms with van der Waals surface area (Å²) >= 11 is 0. The van der Waals surface area contributed by atoms with E-state index in [9.17, 15) is 0 Å². The Morgan fingerprint density at radius 1 is 1.29 bits per heavy atom. The van der Waals surface area contributed by atoms with Crippen molar-refractivity contribution in [1.82, 2.24) is 19.9 Å². The van der Waals surface area contributed by atoms with Gasteiger partial charge in [0.05, 0.1) is 5.69 Å². The van der Waals surface area contributed by atoms with E-state index in [-0.39, 0.29) is 5.04 Å². The van der Waals surface area contributed by atoms with Crippen LogP contribution in [0, 0.1) is 0 Å². The lowest BCUT2D eigenvalue weighted by Gasteiger charge is -2.36. The minimum Gasteiger partial charge on any atom is -0.417 e. The molecule has 3 rings (SSSR count). The molecule has 2 saturated heterocycles. The number of hydrogen-bond donors (Lipinski definition) is 0. The van der Waals surface area contributed by atoms with E-state index in [0.29, 0.717) is 12.0 Å². The van der Waals surface area contributed by atoms with Gasteiger partial charge in [0.1, 0.15) is 0 Å². The van der Waals surface area contributed by atoms with Gasteiger partial charge in [-0.3, -0.25) is 9.58 Å². The molecule has 0 unspecified atom stereocenters. The molecule has 0 amide bonds. The Morgan fingerprint density at radius 3 is 2.62 bits per heavy atom. The molecule has 0 aliphatic carbocycles. The van der Waals surface area contributed by atoms with Crippen LogP contribution >= 0.6 is 0 Å². The number of fused-ring (bicyclic) bond motifs is 2. The Kier molecular flexibility index (Phi) is 4.92. The maximum atomic E-state index is 6.25. The summed E-state index contributed by atoms with van der Waals surface area (Å²) in [7, 11) is 0.642. The third kappa shape index (κ3) is 3.46. The highest BCUT2D eigenvalue weighted by atomic mass is 28.4. The van der Waals surface area contributed by atoms with Crippen LogP contribution in [0.2, 0.25) is 18.1 Å². The molecule has 24 heavy (non-hydrogen) atoms. The first kappa shape index (κ1) is 18.1. The van der Waals surface area contributed by atoms with Gasteiger partial charge < -0.3 is 4.43 Å². The Labute approximate surface area is 147 Å².